The third-order valence-corrected chi connectivity index (χ3v) is 1.91. The Morgan fingerprint density at radius 3 is 2.81 bits per heavy atom. The van der Waals surface area contributed by atoms with Gasteiger partial charge >= 0.3 is 0 Å². The normalized spacial score (nSPS) is 10.2. The molecule has 1 rings (SSSR count). The van der Waals surface area contributed by atoms with Crippen molar-refractivity contribution >= 4 is 11.6 Å². The van der Waals surface area contributed by atoms with Crippen LogP contribution in [0, 0.1) is 12.7 Å². The molecule has 1 N–H and O–H groups in total. The van der Waals surface area contributed by atoms with Crippen LogP contribution in [0.3, 0.4) is 0 Å². The van der Waals surface area contributed by atoms with E-state index < -0.39 is 0 Å². The number of carbonyl (C=O) groups excluding carboxylic acids is 1. The van der Waals surface area contributed by atoms with E-state index in [1.54, 1.807) is 13.0 Å². The minimum absolute atomic E-state index is 0.00337. The fourth-order valence-electron chi connectivity index (χ4n) is 1.31. The first kappa shape index (κ1) is 12.6. The molecule has 0 radical (unpaired) electrons. The first-order valence-corrected chi connectivity index (χ1v) is 5.26. The maximum atomic E-state index is 13.0. The minimum Gasteiger partial charge on any atom is -0.372 e. The van der Waals surface area contributed by atoms with E-state index in [1.807, 2.05) is 6.92 Å². The smallest absolute Gasteiger partial charge is 0.250 e. The first-order valence-electron chi connectivity index (χ1n) is 5.26. The zero-order valence-electron chi connectivity index (χ0n) is 9.55. The lowest BCUT2D eigenvalue weighted by Gasteiger charge is -2.06. The van der Waals surface area contributed by atoms with Crippen LogP contribution in [0.1, 0.15) is 18.9 Å². The highest BCUT2D eigenvalue weighted by molar-refractivity contribution is 5.91. The highest BCUT2D eigenvalue weighted by Gasteiger charge is 2.03. The van der Waals surface area contributed by atoms with Crippen LogP contribution in [0.5, 0.6) is 0 Å². The molecule has 0 aliphatic heterocycles. The molecule has 0 saturated carbocycles. The molecule has 4 heteroatoms. The summed E-state index contributed by atoms with van der Waals surface area (Å²) in [6, 6.07) is 4.40. The summed E-state index contributed by atoms with van der Waals surface area (Å²) >= 11 is 0. The number of ether oxygens (including phenoxy) is 1. The molecule has 0 spiro atoms. The summed E-state index contributed by atoms with van der Waals surface area (Å²) in [6.07, 6.45) is 0.867. The zero-order valence-corrected chi connectivity index (χ0v) is 9.55. The fraction of sp³-hybridized carbons (Fsp3) is 0.417. The van der Waals surface area contributed by atoms with Crippen molar-refractivity contribution in [2.24, 2.45) is 0 Å². The molecular weight excluding hydrogens is 209 g/mol. The lowest BCUT2D eigenvalue weighted by atomic mass is 10.2. The van der Waals surface area contributed by atoms with Crippen molar-refractivity contribution < 1.29 is 13.9 Å². The highest BCUT2D eigenvalue weighted by atomic mass is 19.1. The first-order chi connectivity index (χ1) is 7.61. The highest BCUT2D eigenvalue weighted by Crippen LogP contribution is 2.12. The Labute approximate surface area is 94.6 Å². The van der Waals surface area contributed by atoms with Crippen LogP contribution in [-0.4, -0.2) is 19.1 Å². The van der Waals surface area contributed by atoms with Gasteiger partial charge in [-0.25, -0.2) is 4.39 Å². The second kappa shape index (κ2) is 6.23. The fourth-order valence-corrected chi connectivity index (χ4v) is 1.31. The van der Waals surface area contributed by atoms with E-state index >= 15 is 0 Å². The number of carbonyl (C=O) groups is 1. The van der Waals surface area contributed by atoms with Crippen LogP contribution >= 0.6 is 0 Å². The Morgan fingerprint density at radius 1 is 1.44 bits per heavy atom. The topological polar surface area (TPSA) is 38.3 Å². The number of hydrogen-bond donors (Lipinski definition) is 1. The van der Waals surface area contributed by atoms with Gasteiger partial charge in [0, 0.05) is 12.3 Å². The molecule has 0 fully saturated rings. The van der Waals surface area contributed by atoms with Gasteiger partial charge in [0.25, 0.3) is 0 Å². The maximum Gasteiger partial charge on any atom is 0.250 e. The van der Waals surface area contributed by atoms with Gasteiger partial charge in [0.1, 0.15) is 12.4 Å². The zero-order chi connectivity index (χ0) is 12.0. The number of benzene rings is 1. The number of hydrogen-bond acceptors (Lipinski definition) is 2. The number of rotatable bonds is 5. The van der Waals surface area contributed by atoms with Crippen LogP contribution in [0.2, 0.25) is 0 Å². The number of halogens is 1. The molecule has 1 aromatic rings. The summed E-state index contributed by atoms with van der Waals surface area (Å²) < 4.78 is 18.1. The van der Waals surface area contributed by atoms with Crippen LogP contribution in [0.25, 0.3) is 0 Å². The van der Waals surface area contributed by atoms with E-state index in [0.29, 0.717) is 12.3 Å². The Kier molecular flexibility index (Phi) is 4.92. The summed E-state index contributed by atoms with van der Waals surface area (Å²) in [5.74, 6) is -0.622. The molecule has 0 aromatic heterocycles. The standard InChI is InChI=1S/C12H16FNO2/c1-3-4-16-8-12(15)14-11-6-9(2)5-10(13)7-11/h5-7H,3-4,8H2,1-2H3,(H,14,15). The number of anilines is 1. The van der Waals surface area contributed by atoms with Crippen molar-refractivity contribution in [1.29, 1.82) is 0 Å². The molecule has 3 nitrogen and oxygen atoms in total. The van der Waals surface area contributed by atoms with Gasteiger partial charge in [0.05, 0.1) is 0 Å². The molecule has 0 saturated heterocycles. The molecule has 0 bridgehead atoms. The Hall–Kier alpha value is -1.42. The van der Waals surface area contributed by atoms with Gasteiger partial charge in [-0.3, -0.25) is 4.79 Å². The van der Waals surface area contributed by atoms with Crippen molar-refractivity contribution in [3.63, 3.8) is 0 Å². The van der Waals surface area contributed by atoms with Crippen LogP contribution in [-0.2, 0) is 9.53 Å². The van der Waals surface area contributed by atoms with Crippen molar-refractivity contribution in [2.45, 2.75) is 20.3 Å². The summed E-state index contributed by atoms with van der Waals surface area (Å²) in [6.45, 7) is 4.29. The van der Waals surface area contributed by atoms with Crippen LogP contribution < -0.4 is 5.32 Å². The van der Waals surface area contributed by atoms with Crippen molar-refractivity contribution in [2.75, 3.05) is 18.5 Å². The molecule has 88 valence electrons. The summed E-state index contributed by atoms with van der Waals surface area (Å²) in [4.78, 5) is 11.4. The van der Waals surface area contributed by atoms with E-state index in [2.05, 4.69) is 5.32 Å². The average Bonchev–Trinajstić information content (AvgIpc) is 2.16. The quantitative estimate of drug-likeness (QED) is 0.782. The van der Waals surface area contributed by atoms with Crippen LogP contribution in [0.4, 0.5) is 10.1 Å². The van der Waals surface area contributed by atoms with E-state index in [9.17, 15) is 9.18 Å². The molecule has 16 heavy (non-hydrogen) atoms. The molecule has 1 aromatic carbocycles. The molecule has 0 aliphatic carbocycles. The van der Waals surface area contributed by atoms with Gasteiger partial charge < -0.3 is 10.1 Å². The van der Waals surface area contributed by atoms with Gasteiger partial charge in [-0.15, -0.1) is 0 Å². The molecule has 0 heterocycles. The minimum atomic E-state index is -0.357. The number of amides is 1. The third kappa shape index (κ3) is 4.40. The van der Waals surface area contributed by atoms with Gasteiger partial charge in [0.15, 0.2) is 0 Å². The van der Waals surface area contributed by atoms with Gasteiger partial charge in [-0.1, -0.05) is 6.92 Å². The number of nitrogens with one attached hydrogen (secondary N) is 1. The van der Waals surface area contributed by atoms with E-state index in [0.717, 1.165) is 12.0 Å². The van der Waals surface area contributed by atoms with E-state index in [4.69, 9.17) is 4.74 Å². The predicted octanol–water partition coefficient (Wildman–Crippen LogP) is 2.50. The second-order valence-corrected chi connectivity index (χ2v) is 3.62. The SMILES string of the molecule is CCCOCC(=O)Nc1cc(C)cc(F)c1. The maximum absolute atomic E-state index is 13.0. The molecule has 1 amide bonds. The van der Waals surface area contributed by atoms with Gasteiger partial charge in [-0.05, 0) is 37.1 Å². The van der Waals surface area contributed by atoms with Crippen LogP contribution in [0.15, 0.2) is 18.2 Å². The summed E-state index contributed by atoms with van der Waals surface area (Å²) in [5.41, 5.74) is 1.23. The Morgan fingerprint density at radius 2 is 2.19 bits per heavy atom. The van der Waals surface area contributed by atoms with Gasteiger partial charge in [-0.2, -0.15) is 0 Å². The largest absolute Gasteiger partial charge is 0.372 e. The van der Waals surface area contributed by atoms with Gasteiger partial charge in [0.2, 0.25) is 5.91 Å². The molecular formula is C12H16FNO2. The van der Waals surface area contributed by atoms with E-state index in [-0.39, 0.29) is 18.3 Å². The monoisotopic (exact) mass is 225 g/mol. The lowest BCUT2D eigenvalue weighted by molar-refractivity contribution is -0.120. The van der Waals surface area contributed by atoms with Crippen molar-refractivity contribution in [3.8, 4) is 0 Å². The predicted molar refractivity (Wildman–Crippen MR) is 60.9 cm³/mol. The Balaban J connectivity index is 2.49. The molecule has 0 aliphatic rings. The van der Waals surface area contributed by atoms with E-state index in [1.165, 1.54) is 12.1 Å². The average molecular weight is 225 g/mol. The lowest BCUT2D eigenvalue weighted by Crippen LogP contribution is -2.18. The summed E-state index contributed by atoms with van der Waals surface area (Å²) in [7, 11) is 0. The molecule has 0 unspecified atom stereocenters. The second-order valence-electron chi connectivity index (χ2n) is 3.62. The number of aryl methyl sites for hydroxylation is 1. The third-order valence-electron chi connectivity index (χ3n) is 1.91. The van der Waals surface area contributed by atoms with Crippen molar-refractivity contribution in [3.05, 3.63) is 29.6 Å². The molecule has 0 atom stereocenters. The van der Waals surface area contributed by atoms with Crippen molar-refractivity contribution in [1.82, 2.24) is 0 Å². The summed E-state index contributed by atoms with van der Waals surface area (Å²) in [5, 5.41) is 2.58. The Bertz CT molecular complexity index is 346.